The van der Waals surface area contributed by atoms with Crippen LogP contribution < -0.4 is 10.6 Å². The van der Waals surface area contributed by atoms with Crippen LogP contribution in [-0.4, -0.2) is 29.7 Å². The van der Waals surface area contributed by atoms with Crippen molar-refractivity contribution in [1.82, 2.24) is 10.6 Å². The number of aliphatic hydroxyl groups is 1. The number of hydrogen-bond donors (Lipinski definition) is 3. The van der Waals surface area contributed by atoms with Crippen LogP contribution in [0.25, 0.3) is 0 Å². The molecular weight excluding hydrogens is 240 g/mol. The molecule has 1 saturated heterocycles. The maximum atomic E-state index is 12.2. The van der Waals surface area contributed by atoms with Gasteiger partial charge >= 0.3 is 0 Å². The van der Waals surface area contributed by atoms with Crippen molar-refractivity contribution in [2.75, 3.05) is 6.54 Å². The Morgan fingerprint density at radius 3 is 2.95 bits per heavy atom. The van der Waals surface area contributed by atoms with E-state index in [-0.39, 0.29) is 18.0 Å². The standard InChI is InChI=1S/C15H20N2O2/c18-13-9-10-5-1-2-6-11(10)14(13)17-15(19)12-7-3-4-8-16-12/h1-2,5-6,12-14,16,18H,3-4,7-9H2,(H,17,19)/t12?,13-,14+/m0/s1. The highest BCUT2D eigenvalue weighted by molar-refractivity contribution is 5.82. The van der Waals surface area contributed by atoms with Gasteiger partial charge in [-0.25, -0.2) is 0 Å². The lowest BCUT2D eigenvalue weighted by Crippen LogP contribution is -2.48. The minimum absolute atomic E-state index is 0.0143. The second-order valence-corrected chi connectivity index (χ2v) is 5.46. The first-order valence-electron chi connectivity index (χ1n) is 7.05. The quantitative estimate of drug-likeness (QED) is 0.740. The van der Waals surface area contributed by atoms with Crippen molar-refractivity contribution in [3.63, 3.8) is 0 Å². The Kier molecular flexibility index (Phi) is 3.53. The molecular formula is C15H20N2O2. The fourth-order valence-corrected chi connectivity index (χ4v) is 3.08. The Hall–Kier alpha value is -1.39. The summed E-state index contributed by atoms with van der Waals surface area (Å²) in [6.45, 7) is 0.905. The van der Waals surface area contributed by atoms with E-state index in [1.54, 1.807) is 0 Å². The first kappa shape index (κ1) is 12.6. The zero-order valence-corrected chi connectivity index (χ0v) is 10.9. The minimum Gasteiger partial charge on any atom is -0.390 e. The van der Waals surface area contributed by atoms with Gasteiger partial charge in [-0.3, -0.25) is 4.79 Å². The molecule has 4 heteroatoms. The number of fused-ring (bicyclic) bond motifs is 1. The molecule has 0 saturated carbocycles. The van der Waals surface area contributed by atoms with Crippen LogP contribution in [0, 0.1) is 0 Å². The number of nitrogens with one attached hydrogen (secondary N) is 2. The summed E-state index contributed by atoms with van der Waals surface area (Å²) in [5, 5.41) is 16.4. The summed E-state index contributed by atoms with van der Waals surface area (Å²) >= 11 is 0. The fraction of sp³-hybridized carbons (Fsp3) is 0.533. The van der Waals surface area contributed by atoms with Crippen molar-refractivity contribution in [3.05, 3.63) is 35.4 Å². The number of carbonyl (C=O) groups excluding carboxylic acids is 1. The topological polar surface area (TPSA) is 61.4 Å². The van der Waals surface area contributed by atoms with E-state index >= 15 is 0 Å². The number of benzene rings is 1. The van der Waals surface area contributed by atoms with Gasteiger partial charge in [-0.1, -0.05) is 30.7 Å². The lowest BCUT2D eigenvalue weighted by molar-refractivity contribution is -0.125. The van der Waals surface area contributed by atoms with E-state index in [9.17, 15) is 9.90 Å². The van der Waals surface area contributed by atoms with Crippen LogP contribution in [0.3, 0.4) is 0 Å². The summed E-state index contributed by atoms with van der Waals surface area (Å²) < 4.78 is 0. The smallest absolute Gasteiger partial charge is 0.237 e. The van der Waals surface area contributed by atoms with E-state index in [2.05, 4.69) is 10.6 Å². The molecule has 1 fully saturated rings. The Morgan fingerprint density at radius 1 is 1.32 bits per heavy atom. The van der Waals surface area contributed by atoms with E-state index in [1.807, 2.05) is 24.3 Å². The largest absolute Gasteiger partial charge is 0.390 e. The first-order chi connectivity index (χ1) is 9.25. The average molecular weight is 260 g/mol. The van der Waals surface area contributed by atoms with E-state index in [1.165, 1.54) is 0 Å². The number of rotatable bonds is 2. The van der Waals surface area contributed by atoms with E-state index in [0.29, 0.717) is 6.42 Å². The van der Waals surface area contributed by atoms with Crippen molar-refractivity contribution in [1.29, 1.82) is 0 Å². The number of hydrogen-bond acceptors (Lipinski definition) is 3. The third-order valence-corrected chi connectivity index (χ3v) is 4.13. The van der Waals surface area contributed by atoms with Gasteiger partial charge in [-0.2, -0.15) is 0 Å². The molecule has 0 aromatic heterocycles. The molecule has 1 amide bonds. The lowest BCUT2D eigenvalue weighted by atomic mass is 10.0. The maximum Gasteiger partial charge on any atom is 0.237 e. The summed E-state index contributed by atoms with van der Waals surface area (Å²) in [5.74, 6) is 0.0143. The van der Waals surface area contributed by atoms with Crippen LogP contribution in [0.2, 0.25) is 0 Å². The number of amides is 1. The lowest BCUT2D eigenvalue weighted by Gasteiger charge is -2.26. The van der Waals surface area contributed by atoms with Crippen LogP contribution in [0.4, 0.5) is 0 Å². The fourth-order valence-electron chi connectivity index (χ4n) is 3.08. The molecule has 0 bridgehead atoms. The molecule has 0 radical (unpaired) electrons. The zero-order valence-electron chi connectivity index (χ0n) is 10.9. The van der Waals surface area contributed by atoms with Gasteiger partial charge in [0.05, 0.1) is 18.2 Å². The molecule has 0 spiro atoms. The molecule has 1 aliphatic carbocycles. The van der Waals surface area contributed by atoms with Gasteiger partial charge in [0.15, 0.2) is 0 Å². The van der Waals surface area contributed by atoms with Gasteiger partial charge in [0.1, 0.15) is 0 Å². The zero-order chi connectivity index (χ0) is 13.2. The number of aliphatic hydroxyl groups excluding tert-OH is 1. The molecule has 1 aromatic rings. The first-order valence-corrected chi connectivity index (χ1v) is 7.05. The van der Waals surface area contributed by atoms with Crippen molar-refractivity contribution in [2.24, 2.45) is 0 Å². The van der Waals surface area contributed by atoms with Gasteiger partial charge in [-0.15, -0.1) is 0 Å². The third-order valence-electron chi connectivity index (χ3n) is 4.13. The predicted molar refractivity (Wildman–Crippen MR) is 72.7 cm³/mol. The highest BCUT2D eigenvalue weighted by Gasteiger charge is 2.33. The maximum absolute atomic E-state index is 12.2. The second kappa shape index (κ2) is 5.31. The minimum atomic E-state index is -0.509. The summed E-state index contributed by atoms with van der Waals surface area (Å²) in [4.78, 5) is 12.2. The highest BCUT2D eigenvalue weighted by atomic mass is 16.3. The monoisotopic (exact) mass is 260 g/mol. The molecule has 2 aliphatic rings. The van der Waals surface area contributed by atoms with Crippen LogP contribution in [0.1, 0.15) is 36.4 Å². The molecule has 1 unspecified atom stereocenters. The van der Waals surface area contributed by atoms with E-state index in [4.69, 9.17) is 0 Å². The molecule has 1 aliphatic heterocycles. The van der Waals surface area contributed by atoms with Crippen LogP contribution in [-0.2, 0) is 11.2 Å². The Labute approximate surface area is 113 Å². The molecule has 3 rings (SSSR count). The highest BCUT2D eigenvalue weighted by Crippen LogP contribution is 2.31. The van der Waals surface area contributed by atoms with Crippen LogP contribution in [0.5, 0.6) is 0 Å². The molecule has 3 atom stereocenters. The van der Waals surface area contributed by atoms with Crippen molar-refractivity contribution < 1.29 is 9.90 Å². The third kappa shape index (κ3) is 2.51. The Bertz CT molecular complexity index is 469. The van der Waals surface area contributed by atoms with E-state index < -0.39 is 6.10 Å². The Morgan fingerprint density at radius 2 is 2.16 bits per heavy atom. The number of piperidine rings is 1. The van der Waals surface area contributed by atoms with Gasteiger partial charge < -0.3 is 15.7 Å². The summed E-state index contributed by atoms with van der Waals surface area (Å²) in [6.07, 6.45) is 3.23. The molecule has 1 aromatic carbocycles. The van der Waals surface area contributed by atoms with Gasteiger partial charge in [-0.05, 0) is 30.5 Å². The SMILES string of the molecule is O=C(N[C@@H]1c2ccccc2C[C@@H]1O)C1CCCCN1. The predicted octanol–water partition coefficient (Wildman–Crippen LogP) is 0.903. The summed E-state index contributed by atoms with van der Waals surface area (Å²) in [5.41, 5.74) is 2.19. The summed E-state index contributed by atoms with van der Waals surface area (Å²) in [6, 6.07) is 7.57. The van der Waals surface area contributed by atoms with Gasteiger partial charge in [0.2, 0.25) is 5.91 Å². The summed E-state index contributed by atoms with van der Waals surface area (Å²) in [7, 11) is 0. The Balaban J connectivity index is 1.71. The number of carbonyl (C=O) groups is 1. The van der Waals surface area contributed by atoms with Crippen LogP contribution in [0.15, 0.2) is 24.3 Å². The van der Waals surface area contributed by atoms with E-state index in [0.717, 1.165) is 36.9 Å². The van der Waals surface area contributed by atoms with Crippen molar-refractivity contribution in [3.8, 4) is 0 Å². The van der Waals surface area contributed by atoms with Crippen molar-refractivity contribution in [2.45, 2.75) is 43.9 Å². The second-order valence-electron chi connectivity index (χ2n) is 5.46. The van der Waals surface area contributed by atoms with Gasteiger partial charge in [0.25, 0.3) is 0 Å². The molecule has 4 nitrogen and oxygen atoms in total. The normalized spacial score (nSPS) is 29.8. The van der Waals surface area contributed by atoms with Crippen molar-refractivity contribution >= 4 is 5.91 Å². The van der Waals surface area contributed by atoms with Gasteiger partial charge in [0, 0.05) is 6.42 Å². The average Bonchev–Trinajstić information content (AvgIpc) is 2.76. The molecule has 1 heterocycles. The molecule has 102 valence electrons. The molecule has 19 heavy (non-hydrogen) atoms. The molecule has 3 N–H and O–H groups in total. The van der Waals surface area contributed by atoms with Crippen LogP contribution >= 0.6 is 0 Å².